The molecule has 0 saturated carbocycles. The van der Waals surface area contributed by atoms with Crippen molar-refractivity contribution in [2.24, 2.45) is 0 Å². The number of nitrogens with one attached hydrogen (secondary N) is 2. The predicted molar refractivity (Wildman–Crippen MR) is 132 cm³/mol. The second-order valence-electron chi connectivity index (χ2n) is 8.47. The molecule has 0 saturated heterocycles. The smallest absolute Gasteiger partial charge is 0.254 e. The largest absolute Gasteiger partial charge is 0.376 e. The van der Waals surface area contributed by atoms with Gasteiger partial charge in [0.2, 0.25) is 5.91 Å². The van der Waals surface area contributed by atoms with Crippen molar-refractivity contribution in [2.75, 3.05) is 23.7 Å². The maximum atomic E-state index is 13.2. The van der Waals surface area contributed by atoms with Crippen molar-refractivity contribution < 1.29 is 9.59 Å². The van der Waals surface area contributed by atoms with Gasteiger partial charge in [-0.3, -0.25) is 9.59 Å². The number of rotatable bonds is 6. The molecule has 0 fully saturated rings. The van der Waals surface area contributed by atoms with E-state index < -0.39 is 0 Å². The van der Waals surface area contributed by atoms with Crippen LogP contribution in [0.25, 0.3) is 0 Å². The number of thiophene rings is 1. The van der Waals surface area contributed by atoms with Gasteiger partial charge in [-0.05, 0) is 65.6 Å². The van der Waals surface area contributed by atoms with Crippen LogP contribution in [0.15, 0.2) is 53.9 Å². The quantitative estimate of drug-likeness (QED) is 0.530. The van der Waals surface area contributed by atoms with Gasteiger partial charge < -0.3 is 15.5 Å². The number of hydrogen-bond acceptors (Lipinski definition) is 4. The third-order valence-corrected chi connectivity index (χ3v) is 6.98. The molecule has 0 radical (unpaired) electrons. The van der Waals surface area contributed by atoms with E-state index in [1.165, 1.54) is 10.4 Å². The van der Waals surface area contributed by atoms with Crippen LogP contribution in [0.3, 0.4) is 0 Å². The fourth-order valence-electron chi connectivity index (χ4n) is 4.14. The SMILES string of the molecule is Cc1c(NCC(=O)Nc2ccccc2C(C)C)cccc1C(=O)N1CCc2sccc2C1. The number of hydrogen-bond donors (Lipinski definition) is 2. The number of amides is 2. The highest BCUT2D eigenvalue weighted by molar-refractivity contribution is 7.10. The molecule has 32 heavy (non-hydrogen) atoms. The number of benzene rings is 2. The summed E-state index contributed by atoms with van der Waals surface area (Å²) in [5.41, 5.74) is 5.55. The van der Waals surface area contributed by atoms with Crippen LogP contribution in [-0.2, 0) is 17.8 Å². The van der Waals surface area contributed by atoms with E-state index in [2.05, 4.69) is 35.9 Å². The van der Waals surface area contributed by atoms with E-state index in [4.69, 9.17) is 0 Å². The van der Waals surface area contributed by atoms with Crippen LogP contribution in [0, 0.1) is 6.92 Å². The minimum atomic E-state index is -0.116. The fraction of sp³-hybridized carbons (Fsp3) is 0.308. The minimum absolute atomic E-state index is 0.0401. The molecule has 2 N–H and O–H groups in total. The first-order chi connectivity index (χ1) is 15.4. The second-order valence-corrected chi connectivity index (χ2v) is 9.47. The average Bonchev–Trinajstić information content (AvgIpc) is 3.26. The molecule has 1 aliphatic heterocycles. The number of carbonyl (C=O) groups excluding carboxylic acids is 2. The maximum absolute atomic E-state index is 13.2. The third kappa shape index (κ3) is 4.70. The van der Waals surface area contributed by atoms with E-state index in [9.17, 15) is 9.59 Å². The summed E-state index contributed by atoms with van der Waals surface area (Å²) < 4.78 is 0. The molecule has 5 nitrogen and oxygen atoms in total. The van der Waals surface area contributed by atoms with E-state index in [1.54, 1.807) is 11.3 Å². The molecule has 3 aromatic rings. The van der Waals surface area contributed by atoms with Gasteiger partial charge >= 0.3 is 0 Å². The standard InChI is InChI=1S/C26H29N3O2S/c1-17(2)20-7-4-5-9-23(20)28-25(30)15-27-22-10-6-8-21(18(22)3)26(31)29-13-11-24-19(16-29)12-14-32-24/h4-10,12,14,17,27H,11,13,15-16H2,1-3H3,(H,28,30). The second kappa shape index (κ2) is 9.57. The summed E-state index contributed by atoms with van der Waals surface area (Å²) in [6.07, 6.45) is 0.910. The highest BCUT2D eigenvalue weighted by Crippen LogP contribution is 2.27. The molecule has 1 aliphatic rings. The van der Waals surface area contributed by atoms with Gasteiger partial charge in [-0.25, -0.2) is 0 Å². The number of fused-ring (bicyclic) bond motifs is 1. The molecule has 0 bridgehead atoms. The molecule has 4 rings (SSSR count). The molecule has 166 valence electrons. The van der Waals surface area contributed by atoms with Crippen LogP contribution in [-0.4, -0.2) is 29.8 Å². The van der Waals surface area contributed by atoms with E-state index in [-0.39, 0.29) is 18.4 Å². The Morgan fingerprint density at radius 3 is 2.66 bits per heavy atom. The fourth-order valence-corrected chi connectivity index (χ4v) is 5.02. The lowest BCUT2D eigenvalue weighted by Crippen LogP contribution is -2.35. The Morgan fingerprint density at radius 2 is 1.84 bits per heavy atom. The summed E-state index contributed by atoms with van der Waals surface area (Å²) in [6.45, 7) is 7.68. The van der Waals surface area contributed by atoms with E-state index in [1.807, 2.05) is 54.3 Å². The number of nitrogens with zero attached hydrogens (tertiary/aromatic N) is 1. The van der Waals surface area contributed by atoms with Crippen LogP contribution in [0.1, 0.15) is 51.7 Å². The Labute approximate surface area is 193 Å². The van der Waals surface area contributed by atoms with Crippen molar-refractivity contribution in [3.63, 3.8) is 0 Å². The molecule has 0 aliphatic carbocycles. The number of carbonyl (C=O) groups is 2. The monoisotopic (exact) mass is 447 g/mol. The van der Waals surface area contributed by atoms with Crippen LogP contribution in [0.2, 0.25) is 0 Å². The first kappa shape index (κ1) is 22.1. The van der Waals surface area contributed by atoms with Gasteiger partial charge in [0.1, 0.15) is 0 Å². The van der Waals surface area contributed by atoms with Gasteiger partial charge in [-0.2, -0.15) is 0 Å². The molecule has 0 unspecified atom stereocenters. The van der Waals surface area contributed by atoms with Crippen molar-refractivity contribution in [1.29, 1.82) is 0 Å². The van der Waals surface area contributed by atoms with Crippen LogP contribution < -0.4 is 10.6 Å². The zero-order chi connectivity index (χ0) is 22.7. The van der Waals surface area contributed by atoms with E-state index >= 15 is 0 Å². The molecule has 2 aromatic carbocycles. The van der Waals surface area contributed by atoms with Crippen molar-refractivity contribution >= 4 is 34.5 Å². The first-order valence-electron chi connectivity index (χ1n) is 11.0. The Hall–Kier alpha value is -3.12. The van der Waals surface area contributed by atoms with Crippen LogP contribution >= 0.6 is 11.3 Å². The highest BCUT2D eigenvalue weighted by Gasteiger charge is 2.24. The van der Waals surface area contributed by atoms with Crippen molar-refractivity contribution in [3.05, 3.63) is 81.0 Å². The lowest BCUT2D eigenvalue weighted by molar-refractivity contribution is -0.114. The topological polar surface area (TPSA) is 61.4 Å². The van der Waals surface area contributed by atoms with Gasteiger partial charge in [0.15, 0.2) is 0 Å². The summed E-state index contributed by atoms with van der Waals surface area (Å²) in [4.78, 5) is 29.1. The Bertz CT molecular complexity index is 1140. The highest BCUT2D eigenvalue weighted by atomic mass is 32.1. The summed E-state index contributed by atoms with van der Waals surface area (Å²) in [5.74, 6) is 0.248. The Balaban J connectivity index is 1.42. The molecule has 0 atom stereocenters. The first-order valence-corrected chi connectivity index (χ1v) is 11.9. The average molecular weight is 448 g/mol. The van der Waals surface area contributed by atoms with Crippen molar-refractivity contribution in [1.82, 2.24) is 4.90 Å². The zero-order valence-electron chi connectivity index (χ0n) is 18.8. The number of para-hydroxylation sites is 1. The lowest BCUT2D eigenvalue weighted by atomic mass is 10.0. The summed E-state index contributed by atoms with van der Waals surface area (Å²) in [6, 6.07) is 15.6. The predicted octanol–water partition coefficient (Wildman–Crippen LogP) is 5.43. The number of anilines is 2. The molecule has 0 spiro atoms. The van der Waals surface area contributed by atoms with Crippen LogP contribution in [0.4, 0.5) is 11.4 Å². The minimum Gasteiger partial charge on any atom is -0.376 e. The summed E-state index contributed by atoms with van der Waals surface area (Å²) in [7, 11) is 0. The van der Waals surface area contributed by atoms with E-state index in [0.717, 1.165) is 35.5 Å². The molecular formula is C26H29N3O2S. The van der Waals surface area contributed by atoms with E-state index in [0.29, 0.717) is 18.0 Å². The Morgan fingerprint density at radius 1 is 1.06 bits per heavy atom. The van der Waals surface area contributed by atoms with Crippen molar-refractivity contribution in [3.8, 4) is 0 Å². The van der Waals surface area contributed by atoms with Crippen LogP contribution in [0.5, 0.6) is 0 Å². The molecule has 6 heteroatoms. The molecule has 2 amide bonds. The van der Waals surface area contributed by atoms with Gasteiger partial charge in [-0.1, -0.05) is 38.1 Å². The third-order valence-electron chi connectivity index (χ3n) is 5.96. The zero-order valence-corrected chi connectivity index (χ0v) is 19.6. The summed E-state index contributed by atoms with van der Waals surface area (Å²) >= 11 is 1.77. The summed E-state index contributed by atoms with van der Waals surface area (Å²) in [5, 5.41) is 8.31. The molecular weight excluding hydrogens is 418 g/mol. The van der Waals surface area contributed by atoms with Gasteiger partial charge in [0, 0.05) is 34.9 Å². The van der Waals surface area contributed by atoms with Gasteiger partial charge in [0.25, 0.3) is 5.91 Å². The molecule has 2 heterocycles. The van der Waals surface area contributed by atoms with Crippen molar-refractivity contribution in [2.45, 2.75) is 39.7 Å². The molecule has 1 aromatic heterocycles. The van der Waals surface area contributed by atoms with Gasteiger partial charge in [0.05, 0.1) is 6.54 Å². The normalized spacial score (nSPS) is 13.1. The Kier molecular flexibility index (Phi) is 6.61. The van der Waals surface area contributed by atoms with Gasteiger partial charge in [-0.15, -0.1) is 11.3 Å². The maximum Gasteiger partial charge on any atom is 0.254 e. The lowest BCUT2D eigenvalue weighted by Gasteiger charge is -2.28.